The van der Waals surface area contributed by atoms with Crippen molar-refractivity contribution in [2.45, 2.75) is 34.2 Å². The van der Waals surface area contributed by atoms with Crippen LogP contribution in [0.5, 0.6) is 0 Å². The van der Waals surface area contributed by atoms with Crippen LogP contribution >= 0.6 is 11.3 Å². The topological polar surface area (TPSA) is 46.1 Å². The highest BCUT2D eigenvalue weighted by atomic mass is 32.1. The highest BCUT2D eigenvalue weighted by Crippen LogP contribution is 2.32. The maximum Gasteiger partial charge on any atom is 0.260 e. The number of nitrogens with zero attached hydrogens (tertiary/aromatic N) is 3. The molecular weight excluding hydrogens is 378 g/mol. The van der Waals surface area contributed by atoms with Gasteiger partial charge < -0.3 is 0 Å². The van der Waals surface area contributed by atoms with Crippen molar-refractivity contribution < 1.29 is 4.79 Å². The zero-order valence-corrected chi connectivity index (χ0v) is 17.9. The number of hydrogen-bond donors (Lipinski definition) is 0. The first-order valence-electron chi connectivity index (χ1n) is 9.59. The third-order valence-electron chi connectivity index (χ3n) is 5.14. The van der Waals surface area contributed by atoms with Crippen molar-refractivity contribution in [2.24, 2.45) is 0 Å². The van der Waals surface area contributed by atoms with Gasteiger partial charge in [0.15, 0.2) is 5.13 Å². The Morgan fingerprint density at radius 3 is 2.52 bits per heavy atom. The number of anilines is 1. The van der Waals surface area contributed by atoms with Gasteiger partial charge in [-0.3, -0.25) is 14.7 Å². The second-order valence-electron chi connectivity index (χ2n) is 7.43. The standard InChI is InChI=1S/C24H23N3OS/c1-15-8-9-16(2)20(11-15)23(28)27(14-19-7-5-6-10-25-19)24-26-21-12-17(3)18(4)13-22(21)29-24/h5-13H,14H2,1-4H3. The van der Waals surface area contributed by atoms with E-state index >= 15 is 0 Å². The molecule has 4 aromatic rings. The number of carbonyl (C=O) groups excluding carboxylic acids is 1. The van der Waals surface area contributed by atoms with Crippen molar-refractivity contribution >= 4 is 32.6 Å². The molecule has 0 aliphatic heterocycles. The van der Waals surface area contributed by atoms with E-state index in [4.69, 9.17) is 4.98 Å². The molecular formula is C24H23N3OS. The van der Waals surface area contributed by atoms with E-state index in [1.54, 1.807) is 22.4 Å². The molecule has 5 heteroatoms. The Morgan fingerprint density at radius 1 is 0.966 bits per heavy atom. The lowest BCUT2D eigenvalue weighted by molar-refractivity contribution is 0.0984. The molecule has 0 radical (unpaired) electrons. The SMILES string of the molecule is Cc1ccc(C)c(C(=O)N(Cc2ccccn2)c2nc3cc(C)c(C)cc3s2)c1. The lowest BCUT2D eigenvalue weighted by Crippen LogP contribution is -2.31. The van der Waals surface area contributed by atoms with Gasteiger partial charge in [0.2, 0.25) is 0 Å². The lowest BCUT2D eigenvalue weighted by atomic mass is 10.0. The second kappa shape index (κ2) is 7.76. The van der Waals surface area contributed by atoms with Gasteiger partial charge in [-0.15, -0.1) is 0 Å². The van der Waals surface area contributed by atoms with Gasteiger partial charge in [-0.05, 0) is 74.7 Å². The third-order valence-corrected chi connectivity index (χ3v) is 6.18. The number of fused-ring (bicyclic) bond motifs is 1. The number of carbonyl (C=O) groups is 1. The fourth-order valence-electron chi connectivity index (χ4n) is 3.27. The largest absolute Gasteiger partial charge is 0.278 e. The molecule has 0 unspecified atom stereocenters. The molecule has 0 spiro atoms. The molecule has 0 fully saturated rings. The van der Waals surface area contributed by atoms with Crippen molar-refractivity contribution in [3.05, 3.63) is 88.2 Å². The van der Waals surface area contributed by atoms with E-state index in [0.29, 0.717) is 17.2 Å². The summed E-state index contributed by atoms with van der Waals surface area (Å²) in [5.74, 6) is -0.0515. The summed E-state index contributed by atoms with van der Waals surface area (Å²) in [7, 11) is 0. The first-order valence-corrected chi connectivity index (χ1v) is 10.4. The second-order valence-corrected chi connectivity index (χ2v) is 8.44. The molecule has 0 N–H and O–H groups in total. The van der Waals surface area contributed by atoms with Crippen LogP contribution in [0, 0.1) is 27.7 Å². The Morgan fingerprint density at radius 2 is 1.76 bits per heavy atom. The Bertz CT molecular complexity index is 1160. The van der Waals surface area contributed by atoms with Gasteiger partial charge >= 0.3 is 0 Å². The van der Waals surface area contributed by atoms with Crippen LogP contribution < -0.4 is 4.90 Å². The van der Waals surface area contributed by atoms with E-state index in [9.17, 15) is 4.79 Å². The molecule has 146 valence electrons. The van der Waals surface area contributed by atoms with Crippen molar-refractivity contribution in [1.82, 2.24) is 9.97 Å². The molecule has 0 bridgehead atoms. The Balaban J connectivity index is 1.82. The van der Waals surface area contributed by atoms with Crippen LogP contribution in [-0.2, 0) is 6.54 Å². The number of rotatable bonds is 4. The molecule has 4 nitrogen and oxygen atoms in total. The zero-order chi connectivity index (χ0) is 20.5. The summed E-state index contributed by atoms with van der Waals surface area (Å²) >= 11 is 1.55. The van der Waals surface area contributed by atoms with E-state index in [1.807, 2.05) is 50.2 Å². The van der Waals surface area contributed by atoms with Crippen LogP contribution in [0.15, 0.2) is 54.7 Å². The molecule has 0 saturated heterocycles. The maximum atomic E-state index is 13.6. The number of hydrogen-bond acceptors (Lipinski definition) is 4. The number of pyridine rings is 1. The van der Waals surface area contributed by atoms with Crippen molar-refractivity contribution in [3.63, 3.8) is 0 Å². The van der Waals surface area contributed by atoms with Crippen LogP contribution in [0.3, 0.4) is 0 Å². The minimum Gasteiger partial charge on any atom is -0.278 e. The van der Waals surface area contributed by atoms with Crippen molar-refractivity contribution in [2.75, 3.05) is 4.90 Å². The van der Waals surface area contributed by atoms with Gasteiger partial charge in [0, 0.05) is 11.8 Å². The molecule has 2 aromatic carbocycles. The summed E-state index contributed by atoms with van der Waals surface area (Å²) in [5, 5.41) is 0.696. The molecule has 29 heavy (non-hydrogen) atoms. The number of aromatic nitrogens is 2. The molecule has 4 rings (SSSR count). The average Bonchev–Trinajstić information content (AvgIpc) is 3.11. The minimum absolute atomic E-state index is 0.0515. The van der Waals surface area contributed by atoms with Crippen molar-refractivity contribution in [3.8, 4) is 0 Å². The van der Waals surface area contributed by atoms with Gasteiger partial charge in [-0.25, -0.2) is 4.98 Å². The smallest absolute Gasteiger partial charge is 0.260 e. The molecule has 1 amide bonds. The normalized spacial score (nSPS) is 11.0. The summed E-state index contributed by atoms with van der Waals surface area (Å²) in [6.45, 7) is 8.53. The van der Waals surface area contributed by atoms with E-state index in [0.717, 1.165) is 27.0 Å². The fraction of sp³-hybridized carbons (Fsp3) is 0.208. The Labute approximate surface area is 174 Å². The predicted octanol–water partition coefficient (Wildman–Crippen LogP) is 5.77. The summed E-state index contributed by atoms with van der Waals surface area (Å²) in [4.78, 5) is 24.6. The maximum absolute atomic E-state index is 13.6. The van der Waals surface area contributed by atoms with E-state index in [-0.39, 0.29) is 5.91 Å². The van der Waals surface area contributed by atoms with Gasteiger partial charge in [0.1, 0.15) is 0 Å². The molecule has 0 aliphatic rings. The van der Waals surface area contributed by atoms with Crippen LogP contribution in [0.2, 0.25) is 0 Å². The number of amides is 1. The van der Waals surface area contributed by atoms with Gasteiger partial charge in [-0.1, -0.05) is 35.1 Å². The fourth-order valence-corrected chi connectivity index (χ4v) is 4.32. The van der Waals surface area contributed by atoms with E-state index < -0.39 is 0 Å². The van der Waals surface area contributed by atoms with Gasteiger partial charge in [0.05, 0.1) is 22.5 Å². The lowest BCUT2D eigenvalue weighted by Gasteiger charge is -2.21. The highest BCUT2D eigenvalue weighted by molar-refractivity contribution is 7.22. The van der Waals surface area contributed by atoms with Crippen LogP contribution in [-0.4, -0.2) is 15.9 Å². The summed E-state index contributed by atoms with van der Waals surface area (Å²) < 4.78 is 1.09. The predicted molar refractivity (Wildman–Crippen MR) is 120 cm³/mol. The Kier molecular flexibility index (Phi) is 5.16. The zero-order valence-electron chi connectivity index (χ0n) is 17.1. The molecule has 0 saturated carbocycles. The van der Waals surface area contributed by atoms with E-state index in [2.05, 4.69) is 31.0 Å². The summed E-state index contributed by atoms with van der Waals surface area (Å²) in [6, 6.07) is 16.0. The number of thiazole rings is 1. The average molecular weight is 402 g/mol. The number of benzene rings is 2. The minimum atomic E-state index is -0.0515. The van der Waals surface area contributed by atoms with Crippen LogP contribution in [0.1, 0.15) is 38.3 Å². The molecule has 2 aromatic heterocycles. The van der Waals surface area contributed by atoms with Crippen LogP contribution in [0.25, 0.3) is 10.2 Å². The number of aryl methyl sites for hydroxylation is 4. The summed E-state index contributed by atoms with van der Waals surface area (Å²) in [6.07, 6.45) is 1.75. The Hall–Kier alpha value is -3.05. The molecule has 2 heterocycles. The molecule has 0 atom stereocenters. The van der Waals surface area contributed by atoms with Gasteiger partial charge in [-0.2, -0.15) is 0 Å². The van der Waals surface area contributed by atoms with Crippen LogP contribution in [0.4, 0.5) is 5.13 Å². The monoisotopic (exact) mass is 401 g/mol. The summed E-state index contributed by atoms with van der Waals surface area (Å²) in [5.41, 5.74) is 6.90. The molecule has 0 aliphatic carbocycles. The first-order chi connectivity index (χ1) is 13.9. The quantitative estimate of drug-likeness (QED) is 0.436. The van der Waals surface area contributed by atoms with E-state index in [1.165, 1.54) is 11.1 Å². The highest BCUT2D eigenvalue weighted by Gasteiger charge is 2.23. The van der Waals surface area contributed by atoms with Crippen molar-refractivity contribution in [1.29, 1.82) is 0 Å². The third kappa shape index (κ3) is 3.91. The van der Waals surface area contributed by atoms with Gasteiger partial charge in [0.25, 0.3) is 5.91 Å². The first kappa shape index (κ1) is 19.3.